The maximum atomic E-state index is 5.50. The van der Waals surface area contributed by atoms with E-state index in [4.69, 9.17) is 10.2 Å². The average molecular weight is 190 g/mol. The van der Waals surface area contributed by atoms with Gasteiger partial charge in [0.15, 0.2) is 12.2 Å². The maximum Gasteiger partial charge on any atom is 0.181 e. The van der Waals surface area contributed by atoms with Gasteiger partial charge in [0.05, 0.1) is 11.9 Å². The van der Waals surface area contributed by atoms with Crippen molar-refractivity contribution in [1.82, 2.24) is 15.0 Å². The lowest BCUT2D eigenvalue weighted by atomic mass is 10.3. The summed E-state index contributed by atoms with van der Waals surface area (Å²) in [4.78, 5) is 12.2. The first kappa shape index (κ1) is 8.83. The van der Waals surface area contributed by atoms with Crippen LogP contribution < -0.4 is 5.73 Å². The molecule has 0 bridgehead atoms. The molecule has 0 saturated heterocycles. The smallest absolute Gasteiger partial charge is 0.181 e. The first-order valence-corrected chi connectivity index (χ1v) is 4.23. The molecular formula is C9H10N4O. The third-order valence-corrected chi connectivity index (χ3v) is 1.78. The molecule has 0 radical (unpaired) electrons. The first-order chi connectivity index (χ1) is 6.79. The zero-order valence-corrected chi connectivity index (χ0v) is 7.77. The second kappa shape index (κ2) is 3.55. The number of nitrogens with two attached hydrogens (primary N) is 1. The molecule has 0 spiro atoms. The van der Waals surface area contributed by atoms with E-state index in [-0.39, 0.29) is 0 Å². The molecule has 2 N–H and O–H groups in total. The minimum atomic E-state index is 0.393. The topological polar surface area (TPSA) is 77.8 Å². The SMILES string of the molecule is Cc1nc(CN)cc(-c2cnco2)n1. The van der Waals surface area contributed by atoms with Crippen molar-refractivity contribution in [3.05, 3.63) is 30.2 Å². The predicted molar refractivity (Wildman–Crippen MR) is 50.2 cm³/mol. The number of nitrogens with zero attached hydrogens (tertiary/aromatic N) is 3. The van der Waals surface area contributed by atoms with Crippen LogP contribution in [0.25, 0.3) is 11.5 Å². The maximum absolute atomic E-state index is 5.50. The molecule has 0 saturated carbocycles. The molecule has 2 rings (SSSR count). The number of hydrogen-bond acceptors (Lipinski definition) is 5. The van der Waals surface area contributed by atoms with Crippen molar-refractivity contribution in [1.29, 1.82) is 0 Å². The van der Waals surface area contributed by atoms with Crippen LogP contribution in [-0.2, 0) is 6.54 Å². The van der Waals surface area contributed by atoms with Gasteiger partial charge in [0.2, 0.25) is 0 Å². The standard InChI is InChI=1S/C9H10N4O/c1-6-12-7(3-10)2-8(13-6)9-4-11-5-14-9/h2,4-5H,3,10H2,1H3. The zero-order valence-electron chi connectivity index (χ0n) is 7.77. The lowest BCUT2D eigenvalue weighted by molar-refractivity contribution is 0.569. The summed E-state index contributed by atoms with van der Waals surface area (Å²) in [6.45, 7) is 2.21. The number of hydrogen-bond donors (Lipinski definition) is 1. The minimum absolute atomic E-state index is 0.393. The van der Waals surface area contributed by atoms with Gasteiger partial charge >= 0.3 is 0 Å². The van der Waals surface area contributed by atoms with Gasteiger partial charge in [-0.25, -0.2) is 15.0 Å². The fraction of sp³-hybridized carbons (Fsp3) is 0.222. The summed E-state index contributed by atoms with van der Waals surface area (Å²) in [5, 5.41) is 0. The normalized spacial score (nSPS) is 10.4. The Bertz CT molecular complexity index is 424. The van der Waals surface area contributed by atoms with Gasteiger partial charge in [0.1, 0.15) is 11.5 Å². The summed E-state index contributed by atoms with van der Waals surface area (Å²) < 4.78 is 5.13. The van der Waals surface area contributed by atoms with Crippen molar-refractivity contribution in [2.24, 2.45) is 5.73 Å². The highest BCUT2D eigenvalue weighted by molar-refractivity contribution is 5.50. The quantitative estimate of drug-likeness (QED) is 0.761. The van der Waals surface area contributed by atoms with Crippen LogP contribution in [0, 0.1) is 6.92 Å². The van der Waals surface area contributed by atoms with E-state index in [1.807, 2.05) is 6.92 Å². The van der Waals surface area contributed by atoms with Crippen LogP contribution in [0.1, 0.15) is 11.5 Å². The molecule has 5 heteroatoms. The van der Waals surface area contributed by atoms with Crippen molar-refractivity contribution < 1.29 is 4.42 Å². The van der Waals surface area contributed by atoms with E-state index in [1.54, 1.807) is 12.3 Å². The van der Waals surface area contributed by atoms with E-state index >= 15 is 0 Å². The Hall–Kier alpha value is -1.75. The molecular weight excluding hydrogens is 180 g/mol. The molecule has 0 amide bonds. The van der Waals surface area contributed by atoms with Crippen LogP contribution in [0.5, 0.6) is 0 Å². The number of aromatic nitrogens is 3. The van der Waals surface area contributed by atoms with Crippen LogP contribution in [-0.4, -0.2) is 15.0 Å². The summed E-state index contributed by atoms with van der Waals surface area (Å²) in [5.74, 6) is 1.31. The van der Waals surface area contributed by atoms with Crippen LogP contribution in [0.15, 0.2) is 23.1 Å². The zero-order chi connectivity index (χ0) is 9.97. The Morgan fingerprint density at radius 2 is 2.29 bits per heavy atom. The molecule has 2 aromatic rings. The Balaban J connectivity index is 2.48. The highest BCUT2D eigenvalue weighted by Gasteiger charge is 2.05. The molecule has 72 valence electrons. The lowest BCUT2D eigenvalue weighted by Gasteiger charge is -2.00. The third-order valence-electron chi connectivity index (χ3n) is 1.78. The van der Waals surface area contributed by atoms with Crippen molar-refractivity contribution in [3.8, 4) is 11.5 Å². The largest absolute Gasteiger partial charge is 0.442 e. The van der Waals surface area contributed by atoms with Crippen LogP contribution in [0.3, 0.4) is 0 Å². The second-order valence-corrected chi connectivity index (χ2v) is 2.86. The Labute approximate surface area is 81.0 Å². The van der Waals surface area contributed by atoms with Crippen molar-refractivity contribution in [2.45, 2.75) is 13.5 Å². The summed E-state index contributed by atoms with van der Waals surface area (Å²) in [6, 6.07) is 1.80. The fourth-order valence-corrected chi connectivity index (χ4v) is 1.20. The van der Waals surface area contributed by atoms with E-state index in [0.717, 1.165) is 11.4 Å². The summed E-state index contributed by atoms with van der Waals surface area (Å²) >= 11 is 0. The highest BCUT2D eigenvalue weighted by atomic mass is 16.3. The molecule has 5 nitrogen and oxygen atoms in total. The first-order valence-electron chi connectivity index (χ1n) is 4.23. The molecule has 0 aliphatic rings. The molecule has 0 aliphatic heterocycles. The third kappa shape index (κ3) is 1.62. The van der Waals surface area contributed by atoms with Crippen molar-refractivity contribution >= 4 is 0 Å². The van der Waals surface area contributed by atoms with Gasteiger partial charge in [-0.2, -0.15) is 0 Å². The van der Waals surface area contributed by atoms with Crippen molar-refractivity contribution in [2.75, 3.05) is 0 Å². The fourth-order valence-electron chi connectivity index (χ4n) is 1.20. The highest BCUT2D eigenvalue weighted by Crippen LogP contribution is 2.16. The van der Waals surface area contributed by atoms with Crippen molar-refractivity contribution in [3.63, 3.8) is 0 Å². The van der Waals surface area contributed by atoms with Gasteiger partial charge in [0, 0.05) is 6.54 Å². The van der Waals surface area contributed by atoms with Gasteiger partial charge < -0.3 is 10.2 Å². The molecule has 0 unspecified atom stereocenters. The van der Waals surface area contributed by atoms with Gasteiger partial charge in [0.25, 0.3) is 0 Å². The summed E-state index contributed by atoms with van der Waals surface area (Å²) in [6.07, 6.45) is 2.98. The predicted octanol–water partition coefficient (Wildman–Crippen LogP) is 0.899. The average Bonchev–Trinajstić information content (AvgIpc) is 2.69. The second-order valence-electron chi connectivity index (χ2n) is 2.86. The Kier molecular flexibility index (Phi) is 2.24. The molecule has 2 heterocycles. The van der Waals surface area contributed by atoms with Crippen LogP contribution >= 0.6 is 0 Å². The monoisotopic (exact) mass is 190 g/mol. The number of rotatable bonds is 2. The van der Waals surface area contributed by atoms with Gasteiger partial charge in [-0.3, -0.25) is 0 Å². The van der Waals surface area contributed by atoms with Crippen LogP contribution in [0.4, 0.5) is 0 Å². The van der Waals surface area contributed by atoms with Gasteiger partial charge in [-0.1, -0.05) is 0 Å². The van der Waals surface area contributed by atoms with Crippen LogP contribution in [0.2, 0.25) is 0 Å². The van der Waals surface area contributed by atoms with E-state index in [0.29, 0.717) is 18.1 Å². The number of aryl methyl sites for hydroxylation is 1. The summed E-state index contributed by atoms with van der Waals surface area (Å²) in [7, 11) is 0. The van der Waals surface area contributed by atoms with E-state index in [2.05, 4.69) is 15.0 Å². The molecule has 0 atom stereocenters. The number of oxazole rings is 1. The molecule has 0 fully saturated rings. The Morgan fingerprint density at radius 3 is 2.93 bits per heavy atom. The lowest BCUT2D eigenvalue weighted by Crippen LogP contribution is -2.03. The van der Waals surface area contributed by atoms with Gasteiger partial charge in [-0.15, -0.1) is 0 Å². The van der Waals surface area contributed by atoms with E-state index in [9.17, 15) is 0 Å². The van der Waals surface area contributed by atoms with E-state index in [1.165, 1.54) is 6.39 Å². The van der Waals surface area contributed by atoms with E-state index < -0.39 is 0 Å². The molecule has 0 aromatic carbocycles. The Morgan fingerprint density at radius 1 is 1.43 bits per heavy atom. The molecule has 14 heavy (non-hydrogen) atoms. The molecule has 2 aromatic heterocycles. The van der Waals surface area contributed by atoms with Gasteiger partial charge in [-0.05, 0) is 13.0 Å². The summed E-state index contributed by atoms with van der Waals surface area (Å²) in [5.41, 5.74) is 7.02. The molecule has 0 aliphatic carbocycles. The minimum Gasteiger partial charge on any atom is -0.442 e.